The molecule has 0 spiro atoms. The number of rotatable bonds is 4. The molecule has 2 heterocycles. The predicted octanol–water partition coefficient (Wildman–Crippen LogP) is 2.87. The van der Waals surface area contributed by atoms with Crippen LogP contribution in [0.2, 0.25) is 0 Å². The van der Waals surface area contributed by atoms with Gasteiger partial charge in [0.2, 0.25) is 5.95 Å². The van der Waals surface area contributed by atoms with E-state index in [4.69, 9.17) is 4.74 Å². The molecular weight excluding hydrogens is 318 g/mol. The molecule has 0 bridgehead atoms. The molecule has 7 nitrogen and oxygen atoms in total. The summed E-state index contributed by atoms with van der Waals surface area (Å²) in [7, 11) is 0. The minimum Gasteiger partial charge on any atom is -0.490 e. The summed E-state index contributed by atoms with van der Waals surface area (Å²) in [5.74, 6) is 1.32. The second-order valence-electron chi connectivity index (χ2n) is 6.63. The summed E-state index contributed by atoms with van der Waals surface area (Å²) in [6.07, 6.45) is 4.79. The van der Waals surface area contributed by atoms with Crippen LogP contribution in [0.4, 0.5) is 5.95 Å². The standard InChI is InChI=1S/C18H21N5O2/c1-11-16(12(2)24)17(23-18(19-11)20-21-22-23)14-9-5-6-10-15(14)25-13-7-3-4-8-13/h5-6,9-10,13,17H,3-4,7-8H2,1-2H3,(H,19,20,22)/t17-/m0/s1. The molecule has 1 aromatic carbocycles. The van der Waals surface area contributed by atoms with Crippen molar-refractivity contribution in [2.75, 3.05) is 5.32 Å². The number of hydrogen-bond donors (Lipinski definition) is 1. The molecule has 0 radical (unpaired) electrons. The molecule has 0 unspecified atom stereocenters. The van der Waals surface area contributed by atoms with E-state index in [2.05, 4.69) is 20.8 Å². The largest absolute Gasteiger partial charge is 0.490 e. The first-order valence-electron chi connectivity index (χ1n) is 8.67. The number of allylic oxidation sites excluding steroid dienone is 2. The summed E-state index contributed by atoms with van der Waals surface area (Å²) >= 11 is 0. The Balaban J connectivity index is 1.81. The average molecular weight is 339 g/mol. The molecule has 4 rings (SSSR count). The average Bonchev–Trinajstić information content (AvgIpc) is 3.25. The van der Waals surface area contributed by atoms with Crippen LogP contribution in [0.3, 0.4) is 0 Å². The number of Topliss-reactive ketones (excluding diaryl/α,β-unsaturated/α-hetero) is 1. The van der Waals surface area contributed by atoms with E-state index in [-0.39, 0.29) is 17.9 Å². The van der Waals surface area contributed by atoms with Crippen LogP contribution in [0.1, 0.15) is 51.1 Å². The van der Waals surface area contributed by atoms with Crippen LogP contribution in [0, 0.1) is 0 Å². The lowest BCUT2D eigenvalue weighted by Crippen LogP contribution is -2.28. The number of nitrogens with zero attached hydrogens (tertiary/aromatic N) is 4. The normalized spacial score (nSPS) is 20.3. The van der Waals surface area contributed by atoms with E-state index in [0.29, 0.717) is 11.5 Å². The van der Waals surface area contributed by atoms with Crippen LogP contribution in [-0.2, 0) is 4.79 Å². The number of tetrazole rings is 1. The number of para-hydroxylation sites is 1. The number of fused-ring (bicyclic) bond motifs is 1. The fourth-order valence-corrected chi connectivity index (χ4v) is 3.76. The number of carbonyl (C=O) groups excluding carboxylic acids is 1. The van der Waals surface area contributed by atoms with E-state index in [1.807, 2.05) is 31.2 Å². The lowest BCUT2D eigenvalue weighted by atomic mass is 9.92. The Hall–Kier alpha value is -2.70. The number of nitrogens with one attached hydrogen (secondary N) is 1. The van der Waals surface area contributed by atoms with Crippen LogP contribution in [0.5, 0.6) is 5.75 Å². The molecule has 1 fully saturated rings. The molecule has 0 amide bonds. The Kier molecular flexibility index (Phi) is 3.99. The van der Waals surface area contributed by atoms with Gasteiger partial charge in [0.15, 0.2) is 5.78 Å². The van der Waals surface area contributed by atoms with Crippen LogP contribution in [-0.4, -0.2) is 32.1 Å². The SMILES string of the molecule is CC(=O)C1=C(C)Nc2nnnn2[C@H]1c1ccccc1OC1CCCC1. The highest BCUT2D eigenvalue weighted by Crippen LogP contribution is 2.39. The summed E-state index contributed by atoms with van der Waals surface area (Å²) in [5.41, 5.74) is 2.34. The second-order valence-corrected chi connectivity index (χ2v) is 6.63. The zero-order chi connectivity index (χ0) is 17.4. The topological polar surface area (TPSA) is 81.9 Å². The van der Waals surface area contributed by atoms with Gasteiger partial charge in [0.25, 0.3) is 0 Å². The molecule has 1 N–H and O–H groups in total. The number of anilines is 1. The van der Waals surface area contributed by atoms with Gasteiger partial charge in [-0.05, 0) is 56.0 Å². The van der Waals surface area contributed by atoms with Gasteiger partial charge in [0.1, 0.15) is 11.8 Å². The fraction of sp³-hybridized carbons (Fsp3) is 0.444. The first-order chi connectivity index (χ1) is 12.1. The smallest absolute Gasteiger partial charge is 0.248 e. The molecular formula is C18H21N5O2. The van der Waals surface area contributed by atoms with E-state index in [0.717, 1.165) is 29.9 Å². The number of carbonyl (C=O) groups is 1. The molecule has 2 aliphatic rings. The first-order valence-corrected chi connectivity index (χ1v) is 8.67. The maximum Gasteiger partial charge on any atom is 0.248 e. The molecule has 25 heavy (non-hydrogen) atoms. The van der Waals surface area contributed by atoms with E-state index in [1.54, 1.807) is 11.6 Å². The van der Waals surface area contributed by atoms with Gasteiger partial charge in [-0.3, -0.25) is 4.79 Å². The molecule has 1 aromatic heterocycles. The highest BCUT2D eigenvalue weighted by Gasteiger charge is 2.34. The molecule has 2 aromatic rings. The van der Waals surface area contributed by atoms with Crippen molar-refractivity contribution in [3.63, 3.8) is 0 Å². The minimum atomic E-state index is -0.388. The number of ether oxygens (including phenoxy) is 1. The Morgan fingerprint density at radius 2 is 2.04 bits per heavy atom. The van der Waals surface area contributed by atoms with Crippen molar-refractivity contribution in [3.8, 4) is 5.75 Å². The molecule has 1 atom stereocenters. The molecule has 130 valence electrons. The van der Waals surface area contributed by atoms with Gasteiger partial charge in [-0.15, -0.1) is 0 Å². The van der Waals surface area contributed by atoms with Gasteiger partial charge >= 0.3 is 0 Å². The Bertz CT molecular complexity index is 835. The molecule has 1 saturated carbocycles. The van der Waals surface area contributed by atoms with Crippen molar-refractivity contribution in [2.24, 2.45) is 0 Å². The van der Waals surface area contributed by atoms with Gasteiger partial charge in [0.05, 0.1) is 6.10 Å². The highest BCUT2D eigenvalue weighted by atomic mass is 16.5. The van der Waals surface area contributed by atoms with Gasteiger partial charge < -0.3 is 10.1 Å². The molecule has 1 aliphatic carbocycles. The summed E-state index contributed by atoms with van der Waals surface area (Å²) in [4.78, 5) is 12.4. The van der Waals surface area contributed by atoms with Gasteiger partial charge in [0, 0.05) is 16.8 Å². The fourth-order valence-electron chi connectivity index (χ4n) is 3.76. The van der Waals surface area contributed by atoms with E-state index < -0.39 is 0 Å². The van der Waals surface area contributed by atoms with Crippen molar-refractivity contribution in [3.05, 3.63) is 41.1 Å². The summed E-state index contributed by atoms with van der Waals surface area (Å²) < 4.78 is 7.93. The van der Waals surface area contributed by atoms with Gasteiger partial charge in [-0.1, -0.05) is 23.3 Å². The molecule has 1 aliphatic heterocycles. The number of ketones is 1. The van der Waals surface area contributed by atoms with Crippen molar-refractivity contribution in [2.45, 2.75) is 51.7 Å². The quantitative estimate of drug-likeness (QED) is 0.922. The lowest BCUT2D eigenvalue weighted by Gasteiger charge is -2.29. The van der Waals surface area contributed by atoms with Gasteiger partial charge in [-0.25, -0.2) is 0 Å². The third kappa shape index (κ3) is 2.79. The minimum absolute atomic E-state index is 0.00757. The lowest BCUT2D eigenvalue weighted by molar-refractivity contribution is -0.114. The zero-order valence-electron chi connectivity index (χ0n) is 14.4. The summed E-state index contributed by atoms with van der Waals surface area (Å²) in [5, 5.41) is 15.0. The Morgan fingerprint density at radius 1 is 1.28 bits per heavy atom. The Labute approximate surface area is 146 Å². The number of aromatic nitrogens is 4. The van der Waals surface area contributed by atoms with Crippen molar-refractivity contribution >= 4 is 11.7 Å². The summed E-state index contributed by atoms with van der Waals surface area (Å²) in [6, 6.07) is 7.48. The van der Waals surface area contributed by atoms with Crippen LogP contribution >= 0.6 is 0 Å². The van der Waals surface area contributed by atoms with Crippen LogP contribution in [0.25, 0.3) is 0 Å². The van der Waals surface area contributed by atoms with E-state index in [1.165, 1.54) is 12.8 Å². The van der Waals surface area contributed by atoms with Gasteiger partial charge in [-0.2, -0.15) is 4.68 Å². The van der Waals surface area contributed by atoms with Crippen molar-refractivity contribution in [1.29, 1.82) is 0 Å². The van der Waals surface area contributed by atoms with E-state index in [9.17, 15) is 4.79 Å². The number of benzene rings is 1. The van der Waals surface area contributed by atoms with Crippen LogP contribution < -0.4 is 10.1 Å². The van der Waals surface area contributed by atoms with Crippen molar-refractivity contribution < 1.29 is 9.53 Å². The predicted molar refractivity (Wildman–Crippen MR) is 92.3 cm³/mol. The Morgan fingerprint density at radius 3 is 2.80 bits per heavy atom. The summed E-state index contributed by atoms with van der Waals surface area (Å²) in [6.45, 7) is 3.45. The molecule has 7 heteroatoms. The first kappa shape index (κ1) is 15.8. The third-order valence-electron chi connectivity index (χ3n) is 4.90. The highest BCUT2D eigenvalue weighted by molar-refractivity contribution is 5.96. The molecule has 0 saturated heterocycles. The van der Waals surface area contributed by atoms with Crippen molar-refractivity contribution in [1.82, 2.24) is 20.2 Å². The maximum absolute atomic E-state index is 12.4. The van der Waals surface area contributed by atoms with Crippen LogP contribution in [0.15, 0.2) is 35.5 Å². The maximum atomic E-state index is 12.4. The monoisotopic (exact) mass is 339 g/mol. The third-order valence-corrected chi connectivity index (χ3v) is 4.90. The zero-order valence-corrected chi connectivity index (χ0v) is 14.4. The number of hydrogen-bond acceptors (Lipinski definition) is 6. The second kappa shape index (κ2) is 6.31. The van der Waals surface area contributed by atoms with E-state index >= 15 is 0 Å².